The lowest BCUT2D eigenvalue weighted by Gasteiger charge is -2.34. The highest BCUT2D eigenvalue weighted by molar-refractivity contribution is 9.10. The molecule has 3 rings (SSSR count). The summed E-state index contributed by atoms with van der Waals surface area (Å²) in [5.74, 6) is -0.102. The van der Waals surface area contributed by atoms with Crippen LogP contribution in [0.3, 0.4) is 0 Å². The molecular weight excluding hydrogens is 442 g/mol. The Bertz CT molecular complexity index is 866. The van der Waals surface area contributed by atoms with Gasteiger partial charge in [0.15, 0.2) is 0 Å². The van der Waals surface area contributed by atoms with Crippen LogP contribution in [0.15, 0.2) is 46.9 Å². The van der Waals surface area contributed by atoms with E-state index in [-0.39, 0.29) is 11.8 Å². The van der Waals surface area contributed by atoms with E-state index in [1.54, 1.807) is 17.0 Å². The highest BCUT2D eigenvalue weighted by Crippen LogP contribution is 2.23. The van der Waals surface area contributed by atoms with Crippen molar-refractivity contribution in [1.29, 1.82) is 0 Å². The summed E-state index contributed by atoms with van der Waals surface area (Å²) in [4.78, 5) is 29.0. The van der Waals surface area contributed by atoms with Crippen molar-refractivity contribution in [3.63, 3.8) is 0 Å². The smallest absolute Gasteiger partial charge is 0.255 e. The van der Waals surface area contributed by atoms with Crippen LogP contribution in [-0.2, 0) is 11.2 Å². The van der Waals surface area contributed by atoms with E-state index in [9.17, 15) is 9.59 Å². The molecule has 0 aromatic heterocycles. The van der Waals surface area contributed by atoms with Gasteiger partial charge in [0.25, 0.3) is 5.91 Å². The third kappa shape index (κ3) is 5.13. The number of para-hydroxylation sites is 1. The third-order valence-electron chi connectivity index (χ3n) is 4.86. The van der Waals surface area contributed by atoms with E-state index in [1.165, 1.54) is 0 Å². The van der Waals surface area contributed by atoms with E-state index >= 15 is 0 Å². The molecule has 0 aliphatic carbocycles. The molecule has 1 aliphatic rings. The van der Waals surface area contributed by atoms with Gasteiger partial charge in [-0.15, -0.1) is 0 Å². The molecule has 2 aromatic carbocycles. The van der Waals surface area contributed by atoms with Gasteiger partial charge >= 0.3 is 0 Å². The summed E-state index contributed by atoms with van der Waals surface area (Å²) in [5, 5.41) is 3.44. The molecule has 148 valence electrons. The lowest BCUT2D eigenvalue weighted by molar-refractivity contribution is -0.117. The van der Waals surface area contributed by atoms with Crippen molar-refractivity contribution in [2.24, 2.45) is 0 Å². The molecule has 2 aromatic rings. The minimum Gasteiger partial charge on any atom is -0.336 e. The van der Waals surface area contributed by atoms with E-state index in [0.29, 0.717) is 43.3 Å². The van der Waals surface area contributed by atoms with Gasteiger partial charge in [-0.05, 0) is 36.2 Å². The van der Waals surface area contributed by atoms with Crippen molar-refractivity contribution in [2.75, 3.05) is 38.0 Å². The molecule has 1 N–H and O–H groups in total. The first-order valence-corrected chi connectivity index (χ1v) is 10.5. The number of hydrogen-bond acceptors (Lipinski definition) is 3. The van der Waals surface area contributed by atoms with E-state index in [1.807, 2.05) is 30.3 Å². The molecule has 0 saturated carbocycles. The molecule has 5 nitrogen and oxygen atoms in total. The van der Waals surface area contributed by atoms with Gasteiger partial charge in [0, 0.05) is 36.3 Å². The maximum absolute atomic E-state index is 12.7. The van der Waals surface area contributed by atoms with Crippen molar-refractivity contribution in [3.8, 4) is 0 Å². The van der Waals surface area contributed by atoms with Crippen molar-refractivity contribution < 1.29 is 9.59 Å². The molecule has 1 fully saturated rings. The summed E-state index contributed by atoms with van der Waals surface area (Å²) in [6.07, 6.45) is 0.871. The number of piperazine rings is 1. The third-order valence-corrected chi connectivity index (χ3v) is 5.67. The zero-order chi connectivity index (χ0) is 20.1. The first kappa shape index (κ1) is 20.8. The monoisotopic (exact) mass is 463 g/mol. The van der Waals surface area contributed by atoms with Crippen molar-refractivity contribution in [1.82, 2.24) is 9.80 Å². The summed E-state index contributed by atoms with van der Waals surface area (Å²) >= 11 is 9.55. The lowest BCUT2D eigenvalue weighted by Crippen LogP contribution is -2.50. The second-order valence-electron chi connectivity index (χ2n) is 6.75. The van der Waals surface area contributed by atoms with Gasteiger partial charge in [-0.25, -0.2) is 0 Å². The fraction of sp³-hybridized carbons (Fsp3) is 0.333. The van der Waals surface area contributed by atoms with E-state index in [4.69, 9.17) is 11.6 Å². The second kappa shape index (κ2) is 9.54. The summed E-state index contributed by atoms with van der Waals surface area (Å²) in [6.45, 7) is 4.84. The Morgan fingerprint density at radius 2 is 1.82 bits per heavy atom. The first-order valence-electron chi connectivity index (χ1n) is 9.32. The number of benzene rings is 2. The molecule has 2 amide bonds. The number of rotatable bonds is 5. The number of hydrogen-bond donors (Lipinski definition) is 1. The standard InChI is InChI=1S/C21H23BrClN3O2/c1-2-15-5-3-4-6-19(15)24-20(27)14-25-9-11-26(12-10-25)21(28)17-8-7-16(22)13-18(17)23/h3-8,13H,2,9-12,14H2,1H3,(H,24,27). The van der Waals surface area contributed by atoms with Crippen LogP contribution in [0.5, 0.6) is 0 Å². The Morgan fingerprint density at radius 3 is 2.50 bits per heavy atom. The molecule has 7 heteroatoms. The average molecular weight is 465 g/mol. The summed E-state index contributed by atoms with van der Waals surface area (Å²) < 4.78 is 0.842. The van der Waals surface area contributed by atoms with E-state index in [2.05, 4.69) is 33.1 Å². The first-order chi connectivity index (χ1) is 13.5. The van der Waals surface area contributed by atoms with Gasteiger partial charge in [0.2, 0.25) is 5.91 Å². The molecule has 28 heavy (non-hydrogen) atoms. The number of carbonyl (C=O) groups excluding carboxylic acids is 2. The molecule has 0 atom stereocenters. The number of aryl methyl sites for hydroxylation is 1. The molecule has 0 spiro atoms. The van der Waals surface area contributed by atoms with Crippen LogP contribution in [0.1, 0.15) is 22.8 Å². The zero-order valence-corrected chi connectivity index (χ0v) is 18.1. The maximum Gasteiger partial charge on any atom is 0.255 e. The number of amides is 2. The molecule has 0 bridgehead atoms. The number of anilines is 1. The topological polar surface area (TPSA) is 52.7 Å². The minimum absolute atomic E-state index is 0.0309. The van der Waals surface area contributed by atoms with Crippen LogP contribution in [-0.4, -0.2) is 54.3 Å². The van der Waals surface area contributed by atoms with E-state index < -0.39 is 0 Å². The van der Waals surface area contributed by atoms with Crippen LogP contribution in [0.25, 0.3) is 0 Å². The molecule has 1 saturated heterocycles. The summed E-state index contributed by atoms with van der Waals surface area (Å²) in [6, 6.07) is 13.1. The average Bonchev–Trinajstić information content (AvgIpc) is 2.68. The molecule has 1 heterocycles. The predicted octanol–water partition coefficient (Wildman–Crippen LogP) is 4.06. The zero-order valence-electron chi connectivity index (χ0n) is 15.8. The van der Waals surface area contributed by atoms with Crippen LogP contribution in [0.4, 0.5) is 5.69 Å². The molecule has 0 radical (unpaired) electrons. The van der Waals surface area contributed by atoms with Crippen LogP contribution in [0.2, 0.25) is 5.02 Å². The number of carbonyl (C=O) groups is 2. The van der Waals surface area contributed by atoms with Gasteiger partial charge in [-0.3, -0.25) is 14.5 Å². The van der Waals surface area contributed by atoms with Crippen molar-refractivity contribution >= 4 is 45.0 Å². The van der Waals surface area contributed by atoms with E-state index in [0.717, 1.165) is 22.1 Å². The quantitative estimate of drug-likeness (QED) is 0.726. The number of nitrogens with zero attached hydrogens (tertiary/aromatic N) is 2. The fourth-order valence-corrected chi connectivity index (χ4v) is 4.04. The Balaban J connectivity index is 1.52. The van der Waals surface area contributed by atoms with Crippen LogP contribution < -0.4 is 5.32 Å². The Hall–Kier alpha value is -1.89. The summed E-state index contributed by atoms with van der Waals surface area (Å²) in [7, 11) is 0. The lowest BCUT2D eigenvalue weighted by atomic mass is 10.1. The second-order valence-corrected chi connectivity index (χ2v) is 8.07. The van der Waals surface area contributed by atoms with Gasteiger partial charge in [0.1, 0.15) is 0 Å². The SMILES string of the molecule is CCc1ccccc1NC(=O)CN1CCN(C(=O)c2ccc(Br)cc2Cl)CC1. The maximum atomic E-state index is 12.7. The highest BCUT2D eigenvalue weighted by atomic mass is 79.9. The van der Waals surface area contributed by atoms with Crippen molar-refractivity contribution in [3.05, 3.63) is 63.1 Å². The van der Waals surface area contributed by atoms with Gasteiger partial charge in [-0.1, -0.05) is 52.7 Å². The number of halogens is 2. The van der Waals surface area contributed by atoms with Gasteiger partial charge < -0.3 is 10.2 Å². The molecule has 1 aliphatic heterocycles. The van der Waals surface area contributed by atoms with Gasteiger partial charge in [0.05, 0.1) is 17.1 Å². The minimum atomic E-state index is -0.0709. The summed E-state index contributed by atoms with van der Waals surface area (Å²) in [5.41, 5.74) is 2.50. The Labute approximate surface area is 178 Å². The number of nitrogens with one attached hydrogen (secondary N) is 1. The molecular formula is C21H23BrClN3O2. The predicted molar refractivity (Wildman–Crippen MR) is 116 cm³/mol. The normalized spacial score (nSPS) is 14.8. The van der Waals surface area contributed by atoms with Gasteiger partial charge in [-0.2, -0.15) is 0 Å². The molecule has 0 unspecified atom stereocenters. The van der Waals surface area contributed by atoms with Crippen LogP contribution >= 0.6 is 27.5 Å². The Morgan fingerprint density at radius 1 is 1.11 bits per heavy atom. The highest BCUT2D eigenvalue weighted by Gasteiger charge is 2.24. The fourth-order valence-electron chi connectivity index (χ4n) is 3.29. The van der Waals surface area contributed by atoms with Crippen molar-refractivity contribution in [2.45, 2.75) is 13.3 Å². The largest absolute Gasteiger partial charge is 0.336 e. The Kier molecular flexibility index (Phi) is 7.10. The van der Waals surface area contributed by atoms with Crippen LogP contribution in [0, 0.1) is 0 Å².